The van der Waals surface area contributed by atoms with E-state index in [0.29, 0.717) is 0 Å². The highest BCUT2D eigenvalue weighted by Gasteiger charge is 2.08. The molecule has 2 aromatic rings. The van der Waals surface area contributed by atoms with E-state index in [1.54, 1.807) is 0 Å². The molecule has 0 aliphatic rings. The SMILES string of the molecule is CCSCc1cn(C)c2cccc(Cl)c12. The number of aryl methyl sites for hydroxylation is 1. The quantitative estimate of drug-likeness (QED) is 0.781. The summed E-state index contributed by atoms with van der Waals surface area (Å²) in [5.74, 6) is 2.18. The summed E-state index contributed by atoms with van der Waals surface area (Å²) in [4.78, 5) is 0. The Kier molecular flexibility index (Phi) is 3.27. The largest absolute Gasteiger partial charge is 0.350 e. The molecule has 1 aromatic heterocycles. The van der Waals surface area contributed by atoms with Crippen molar-refractivity contribution in [2.24, 2.45) is 7.05 Å². The lowest BCUT2D eigenvalue weighted by Gasteiger charge is -1.99. The lowest BCUT2D eigenvalue weighted by Crippen LogP contribution is -1.82. The molecule has 0 aliphatic heterocycles. The minimum Gasteiger partial charge on any atom is -0.350 e. The summed E-state index contributed by atoms with van der Waals surface area (Å²) in [6.45, 7) is 2.18. The first-order chi connectivity index (χ1) is 7.24. The van der Waals surface area contributed by atoms with E-state index in [0.717, 1.165) is 16.5 Å². The molecule has 0 radical (unpaired) electrons. The van der Waals surface area contributed by atoms with Crippen LogP contribution in [0.25, 0.3) is 10.9 Å². The summed E-state index contributed by atoms with van der Waals surface area (Å²) >= 11 is 8.16. The second-order valence-corrected chi connectivity index (χ2v) is 5.22. The Morgan fingerprint density at radius 2 is 2.20 bits per heavy atom. The summed E-state index contributed by atoms with van der Waals surface area (Å²) in [7, 11) is 2.07. The van der Waals surface area contributed by atoms with Crippen LogP contribution in [0, 0.1) is 0 Å². The van der Waals surface area contributed by atoms with Gasteiger partial charge in [-0.3, -0.25) is 0 Å². The second kappa shape index (κ2) is 4.50. The van der Waals surface area contributed by atoms with Crippen LogP contribution in [0.1, 0.15) is 12.5 Å². The number of hydrogen-bond donors (Lipinski definition) is 0. The molecule has 0 N–H and O–H groups in total. The molecule has 0 atom stereocenters. The molecule has 0 bridgehead atoms. The second-order valence-electron chi connectivity index (χ2n) is 3.54. The number of benzene rings is 1. The van der Waals surface area contributed by atoms with Gasteiger partial charge in [0.2, 0.25) is 0 Å². The van der Waals surface area contributed by atoms with Gasteiger partial charge in [-0.05, 0) is 23.4 Å². The van der Waals surface area contributed by atoms with Gasteiger partial charge in [-0.15, -0.1) is 0 Å². The molecule has 0 unspecified atom stereocenters. The van der Waals surface area contributed by atoms with Gasteiger partial charge < -0.3 is 4.57 Å². The Morgan fingerprint density at radius 3 is 2.93 bits per heavy atom. The zero-order chi connectivity index (χ0) is 10.8. The minimum atomic E-state index is 0.861. The van der Waals surface area contributed by atoms with Gasteiger partial charge in [-0.2, -0.15) is 11.8 Å². The van der Waals surface area contributed by atoms with E-state index in [1.807, 2.05) is 23.9 Å². The van der Waals surface area contributed by atoms with E-state index >= 15 is 0 Å². The molecule has 0 saturated heterocycles. The Balaban J connectivity index is 2.54. The van der Waals surface area contributed by atoms with Crippen molar-refractivity contribution >= 4 is 34.3 Å². The number of thioether (sulfide) groups is 1. The maximum Gasteiger partial charge on any atom is 0.0502 e. The fraction of sp³-hybridized carbons (Fsp3) is 0.333. The summed E-state index contributed by atoms with van der Waals surface area (Å²) in [5.41, 5.74) is 2.55. The molecule has 1 aromatic carbocycles. The highest BCUT2D eigenvalue weighted by molar-refractivity contribution is 7.98. The van der Waals surface area contributed by atoms with Crippen molar-refractivity contribution in [2.45, 2.75) is 12.7 Å². The predicted molar refractivity (Wildman–Crippen MR) is 69.8 cm³/mol. The van der Waals surface area contributed by atoms with E-state index in [9.17, 15) is 0 Å². The Bertz CT molecular complexity index is 476. The molecule has 0 spiro atoms. The predicted octanol–water partition coefficient (Wildman–Crippen LogP) is 4.08. The highest BCUT2D eigenvalue weighted by Crippen LogP contribution is 2.30. The molecule has 3 heteroatoms. The molecule has 1 nitrogen and oxygen atoms in total. The average Bonchev–Trinajstić information content (AvgIpc) is 2.55. The van der Waals surface area contributed by atoms with E-state index in [4.69, 9.17) is 11.6 Å². The van der Waals surface area contributed by atoms with Crippen LogP contribution < -0.4 is 0 Å². The van der Waals surface area contributed by atoms with Crippen molar-refractivity contribution < 1.29 is 0 Å². The molecular weight excluding hydrogens is 226 g/mol. The molecule has 15 heavy (non-hydrogen) atoms. The van der Waals surface area contributed by atoms with Gasteiger partial charge in [0.05, 0.1) is 5.02 Å². The number of halogens is 1. The van der Waals surface area contributed by atoms with Crippen LogP contribution in [-0.4, -0.2) is 10.3 Å². The number of nitrogens with zero attached hydrogens (tertiary/aromatic N) is 1. The average molecular weight is 240 g/mol. The van der Waals surface area contributed by atoms with Gasteiger partial charge in [0.25, 0.3) is 0 Å². The van der Waals surface area contributed by atoms with Crippen molar-refractivity contribution in [3.05, 3.63) is 35.0 Å². The summed E-state index contributed by atoms with van der Waals surface area (Å²) < 4.78 is 2.15. The lowest BCUT2D eigenvalue weighted by atomic mass is 10.2. The normalized spacial score (nSPS) is 11.1. The van der Waals surface area contributed by atoms with E-state index < -0.39 is 0 Å². The van der Waals surface area contributed by atoms with E-state index in [2.05, 4.69) is 30.8 Å². The maximum atomic E-state index is 6.23. The Hall–Kier alpha value is -0.600. The molecule has 0 saturated carbocycles. The van der Waals surface area contributed by atoms with Gasteiger partial charge in [0.15, 0.2) is 0 Å². The van der Waals surface area contributed by atoms with Gasteiger partial charge in [0.1, 0.15) is 0 Å². The van der Waals surface area contributed by atoms with Crippen LogP contribution >= 0.6 is 23.4 Å². The number of rotatable bonds is 3. The fourth-order valence-corrected chi connectivity index (χ4v) is 2.75. The first-order valence-electron chi connectivity index (χ1n) is 5.04. The first kappa shape index (κ1) is 10.9. The highest BCUT2D eigenvalue weighted by atomic mass is 35.5. The van der Waals surface area contributed by atoms with Crippen molar-refractivity contribution in [3.8, 4) is 0 Å². The molecule has 2 rings (SSSR count). The molecule has 0 amide bonds. The van der Waals surface area contributed by atoms with Crippen molar-refractivity contribution in [1.82, 2.24) is 4.57 Å². The van der Waals surface area contributed by atoms with Crippen LogP contribution in [0.2, 0.25) is 5.02 Å². The van der Waals surface area contributed by atoms with Crippen molar-refractivity contribution in [1.29, 1.82) is 0 Å². The van der Waals surface area contributed by atoms with Crippen LogP contribution in [0.5, 0.6) is 0 Å². The third-order valence-electron chi connectivity index (χ3n) is 2.50. The van der Waals surface area contributed by atoms with Crippen LogP contribution in [0.4, 0.5) is 0 Å². The standard InChI is InChI=1S/C12H14ClNS/c1-3-15-8-9-7-14(2)11-6-4-5-10(13)12(9)11/h4-7H,3,8H2,1-2H3. The molecule has 0 aliphatic carbocycles. The fourth-order valence-electron chi connectivity index (χ4n) is 1.81. The van der Waals surface area contributed by atoms with Crippen LogP contribution in [-0.2, 0) is 12.8 Å². The van der Waals surface area contributed by atoms with Crippen molar-refractivity contribution in [3.63, 3.8) is 0 Å². The Morgan fingerprint density at radius 1 is 1.40 bits per heavy atom. The number of hydrogen-bond acceptors (Lipinski definition) is 1. The number of aromatic nitrogens is 1. The molecule has 80 valence electrons. The van der Waals surface area contributed by atoms with Crippen molar-refractivity contribution in [2.75, 3.05) is 5.75 Å². The monoisotopic (exact) mass is 239 g/mol. The van der Waals surface area contributed by atoms with E-state index in [-0.39, 0.29) is 0 Å². The third-order valence-corrected chi connectivity index (χ3v) is 3.74. The summed E-state index contributed by atoms with van der Waals surface area (Å²) in [5, 5.41) is 2.07. The maximum absolute atomic E-state index is 6.23. The van der Waals surface area contributed by atoms with E-state index in [1.165, 1.54) is 16.5 Å². The molecular formula is C12H14ClNS. The Labute approximate surface area is 99.4 Å². The molecule has 0 fully saturated rings. The minimum absolute atomic E-state index is 0.861. The third kappa shape index (κ3) is 2.01. The summed E-state index contributed by atoms with van der Waals surface area (Å²) in [6, 6.07) is 6.08. The topological polar surface area (TPSA) is 4.93 Å². The van der Waals surface area contributed by atoms with Crippen LogP contribution in [0.15, 0.2) is 24.4 Å². The first-order valence-corrected chi connectivity index (χ1v) is 6.57. The van der Waals surface area contributed by atoms with Crippen LogP contribution in [0.3, 0.4) is 0 Å². The lowest BCUT2D eigenvalue weighted by molar-refractivity contribution is 0.963. The summed E-state index contributed by atoms with van der Waals surface area (Å²) in [6.07, 6.45) is 2.18. The molecule has 1 heterocycles. The van der Waals surface area contributed by atoms with Gasteiger partial charge in [0, 0.05) is 29.9 Å². The smallest absolute Gasteiger partial charge is 0.0502 e. The van der Waals surface area contributed by atoms with Gasteiger partial charge in [-0.1, -0.05) is 24.6 Å². The van der Waals surface area contributed by atoms with Gasteiger partial charge in [-0.25, -0.2) is 0 Å². The zero-order valence-corrected chi connectivity index (χ0v) is 10.5. The zero-order valence-electron chi connectivity index (χ0n) is 8.96. The van der Waals surface area contributed by atoms with Gasteiger partial charge >= 0.3 is 0 Å². The number of fused-ring (bicyclic) bond motifs is 1.